The van der Waals surface area contributed by atoms with Gasteiger partial charge in [0.15, 0.2) is 0 Å². The van der Waals surface area contributed by atoms with Gasteiger partial charge in [-0.2, -0.15) is 5.10 Å². The van der Waals surface area contributed by atoms with Gasteiger partial charge in [0.1, 0.15) is 16.9 Å². The van der Waals surface area contributed by atoms with Crippen molar-refractivity contribution in [2.45, 2.75) is 40.8 Å². The number of carbonyl (C=O) groups is 1. The Morgan fingerprint density at radius 2 is 1.88 bits per heavy atom. The van der Waals surface area contributed by atoms with Gasteiger partial charge in [0.2, 0.25) is 5.43 Å². The van der Waals surface area contributed by atoms with E-state index in [2.05, 4.69) is 20.4 Å². The summed E-state index contributed by atoms with van der Waals surface area (Å²) in [6.45, 7) is 8.48. The summed E-state index contributed by atoms with van der Waals surface area (Å²) >= 11 is 1.51. The Morgan fingerprint density at radius 1 is 1.09 bits per heavy atom. The number of carbonyl (C=O) groups excluding carboxylic acids is 1. The van der Waals surface area contributed by atoms with Crippen molar-refractivity contribution in [3.63, 3.8) is 0 Å². The lowest BCUT2D eigenvalue weighted by Gasteiger charge is -2.12. The fourth-order valence-electron chi connectivity index (χ4n) is 3.63. The van der Waals surface area contributed by atoms with E-state index in [-0.39, 0.29) is 29.6 Å². The van der Waals surface area contributed by atoms with E-state index in [1.54, 1.807) is 22.8 Å². The first-order valence-electron chi connectivity index (χ1n) is 10.6. The molecule has 0 aliphatic rings. The molecule has 9 nitrogen and oxygen atoms in total. The molecule has 0 saturated carbocycles. The van der Waals surface area contributed by atoms with Crippen LogP contribution in [0.5, 0.6) is 0 Å². The molecular weight excluding hydrogens is 440 g/mol. The monoisotopic (exact) mass is 464 g/mol. The number of thiazole rings is 1. The summed E-state index contributed by atoms with van der Waals surface area (Å²) in [5, 5.41) is 8.49. The normalized spacial score (nSPS) is 11.2. The molecule has 0 fully saturated rings. The topological polar surface area (TPSA) is 112 Å². The highest BCUT2D eigenvalue weighted by Crippen LogP contribution is 2.27. The van der Waals surface area contributed by atoms with Crippen LogP contribution in [0.15, 0.2) is 40.1 Å². The molecule has 0 aliphatic carbocycles. The van der Waals surface area contributed by atoms with Crippen molar-refractivity contribution >= 4 is 28.3 Å². The van der Waals surface area contributed by atoms with Crippen molar-refractivity contribution < 1.29 is 4.79 Å². The predicted octanol–water partition coefficient (Wildman–Crippen LogP) is 2.45. The van der Waals surface area contributed by atoms with E-state index in [1.165, 1.54) is 28.3 Å². The number of fused-ring (bicyclic) bond motifs is 1. The molecule has 0 unspecified atom stereocenters. The lowest BCUT2D eigenvalue weighted by Crippen LogP contribution is -2.34. The van der Waals surface area contributed by atoms with Crippen LogP contribution >= 0.6 is 11.3 Å². The van der Waals surface area contributed by atoms with Crippen LogP contribution in [0.1, 0.15) is 33.7 Å². The second-order valence-electron chi connectivity index (χ2n) is 7.66. The smallest absolute Gasteiger partial charge is 0.266 e. The fraction of sp³-hybridized carbons (Fsp3) is 0.304. The molecule has 0 aromatic carbocycles. The molecule has 170 valence electrons. The van der Waals surface area contributed by atoms with Crippen molar-refractivity contribution in [3.8, 4) is 10.6 Å². The maximum absolute atomic E-state index is 12.9. The Labute approximate surface area is 193 Å². The van der Waals surface area contributed by atoms with Crippen LogP contribution in [0.3, 0.4) is 0 Å². The van der Waals surface area contributed by atoms with E-state index in [0.29, 0.717) is 23.3 Å². The number of aryl methyl sites for hydroxylation is 4. The second-order valence-corrected chi connectivity index (χ2v) is 8.87. The molecule has 0 radical (unpaired) electrons. The molecule has 1 amide bonds. The lowest BCUT2D eigenvalue weighted by atomic mass is 10.1. The zero-order valence-electron chi connectivity index (χ0n) is 18.9. The van der Waals surface area contributed by atoms with Gasteiger partial charge in [0.05, 0.1) is 27.5 Å². The minimum atomic E-state index is -0.497. The highest BCUT2D eigenvalue weighted by Gasteiger charge is 2.16. The number of nitrogens with one attached hydrogen (secondary N) is 1. The number of nitrogens with zero attached hydrogens (tertiary/aromatic N) is 5. The van der Waals surface area contributed by atoms with E-state index >= 15 is 0 Å². The Hall–Kier alpha value is -3.66. The largest absolute Gasteiger partial charge is 0.350 e. The third-order valence-corrected chi connectivity index (χ3v) is 6.35. The molecule has 0 saturated heterocycles. The van der Waals surface area contributed by atoms with Gasteiger partial charge in [-0.25, -0.2) is 14.6 Å². The van der Waals surface area contributed by atoms with Crippen LogP contribution in [-0.4, -0.2) is 36.8 Å². The molecule has 0 aliphatic heterocycles. The van der Waals surface area contributed by atoms with Gasteiger partial charge in [0, 0.05) is 31.0 Å². The van der Waals surface area contributed by atoms with Gasteiger partial charge in [-0.15, -0.1) is 11.3 Å². The van der Waals surface area contributed by atoms with Crippen LogP contribution in [0.2, 0.25) is 0 Å². The van der Waals surface area contributed by atoms with Crippen molar-refractivity contribution in [2.75, 3.05) is 6.54 Å². The quantitative estimate of drug-likeness (QED) is 0.469. The van der Waals surface area contributed by atoms with Crippen LogP contribution in [0, 0.1) is 20.8 Å². The van der Waals surface area contributed by atoms with Crippen LogP contribution in [0.25, 0.3) is 21.6 Å². The summed E-state index contributed by atoms with van der Waals surface area (Å²) in [7, 11) is 0. The Balaban J connectivity index is 1.54. The zero-order chi connectivity index (χ0) is 23.7. The summed E-state index contributed by atoms with van der Waals surface area (Å²) in [5.41, 5.74) is 2.27. The molecule has 0 atom stereocenters. The SMILES string of the molecule is CCn1cc(C(=O)NCCn2nc(-c3sc(C)nc3C)ccc2=O)c(=O)c2ccc(C)nc21. The Bertz CT molecular complexity index is 1480. The molecule has 4 heterocycles. The van der Waals surface area contributed by atoms with Crippen molar-refractivity contribution in [1.82, 2.24) is 29.6 Å². The third-order valence-electron chi connectivity index (χ3n) is 5.26. The summed E-state index contributed by atoms with van der Waals surface area (Å²) in [5.74, 6) is -0.497. The first-order valence-corrected chi connectivity index (χ1v) is 11.4. The van der Waals surface area contributed by atoms with Crippen LogP contribution < -0.4 is 16.3 Å². The summed E-state index contributed by atoms with van der Waals surface area (Å²) in [6, 6.07) is 6.58. The van der Waals surface area contributed by atoms with E-state index in [4.69, 9.17) is 0 Å². The minimum Gasteiger partial charge on any atom is -0.350 e. The molecule has 33 heavy (non-hydrogen) atoms. The van der Waals surface area contributed by atoms with Gasteiger partial charge in [-0.3, -0.25) is 14.4 Å². The molecule has 0 spiro atoms. The average Bonchev–Trinajstić information content (AvgIpc) is 3.13. The number of rotatable bonds is 6. The zero-order valence-corrected chi connectivity index (χ0v) is 19.7. The predicted molar refractivity (Wildman–Crippen MR) is 128 cm³/mol. The first kappa shape index (κ1) is 22.5. The Morgan fingerprint density at radius 3 is 2.58 bits per heavy atom. The molecule has 4 aromatic heterocycles. The molecule has 1 N–H and O–H groups in total. The van der Waals surface area contributed by atoms with Crippen LogP contribution in [0.4, 0.5) is 0 Å². The van der Waals surface area contributed by atoms with Gasteiger partial charge < -0.3 is 9.88 Å². The minimum absolute atomic E-state index is 0.0415. The standard InChI is InChI=1S/C23H24N6O3S/c1-5-28-12-17(20(31)16-7-6-13(2)25-22(16)28)23(32)24-10-11-29-19(30)9-8-18(27-29)21-14(3)26-15(4)33-21/h6-9,12H,5,10-11H2,1-4H3,(H,24,32). The maximum Gasteiger partial charge on any atom is 0.266 e. The molecular formula is C23H24N6O3S. The average molecular weight is 465 g/mol. The van der Waals surface area contributed by atoms with E-state index in [9.17, 15) is 14.4 Å². The summed E-state index contributed by atoms with van der Waals surface area (Å²) in [6.07, 6.45) is 1.53. The summed E-state index contributed by atoms with van der Waals surface area (Å²) < 4.78 is 3.09. The highest BCUT2D eigenvalue weighted by molar-refractivity contribution is 7.15. The molecule has 4 aromatic rings. The van der Waals surface area contributed by atoms with Crippen molar-refractivity contribution in [2.24, 2.45) is 0 Å². The van der Waals surface area contributed by atoms with Crippen molar-refractivity contribution in [3.05, 3.63) is 73.0 Å². The Kier molecular flexibility index (Phi) is 6.19. The highest BCUT2D eigenvalue weighted by atomic mass is 32.1. The fourth-order valence-corrected chi connectivity index (χ4v) is 4.52. The molecule has 10 heteroatoms. The van der Waals surface area contributed by atoms with E-state index in [1.807, 2.05) is 27.7 Å². The lowest BCUT2D eigenvalue weighted by molar-refractivity contribution is 0.0950. The van der Waals surface area contributed by atoms with E-state index < -0.39 is 5.91 Å². The number of hydrogen-bond acceptors (Lipinski definition) is 7. The molecule has 0 bridgehead atoms. The van der Waals surface area contributed by atoms with Gasteiger partial charge in [-0.05, 0) is 45.9 Å². The van der Waals surface area contributed by atoms with Crippen LogP contribution in [-0.2, 0) is 13.1 Å². The number of amides is 1. The van der Waals surface area contributed by atoms with Gasteiger partial charge in [0.25, 0.3) is 11.5 Å². The van der Waals surface area contributed by atoms with Crippen molar-refractivity contribution in [1.29, 1.82) is 0 Å². The third kappa shape index (κ3) is 4.47. The van der Waals surface area contributed by atoms with Gasteiger partial charge >= 0.3 is 0 Å². The summed E-state index contributed by atoms with van der Waals surface area (Å²) in [4.78, 5) is 47.7. The van der Waals surface area contributed by atoms with E-state index in [0.717, 1.165) is 21.3 Å². The number of pyridine rings is 2. The number of hydrogen-bond donors (Lipinski definition) is 1. The second kappa shape index (κ2) is 9.07. The maximum atomic E-state index is 12.9. The molecule has 4 rings (SSSR count). The first-order chi connectivity index (χ1) is 15.8. The van der Waals surface area contributed by atoms with Gasteiger partial charge in [-0.1, -0.05) is 0 Å². The number of aromatic nitrogens is 5.